The van der Waals surface area contributed by atoms with E-state index in [1.54, 1.807) is 0 Å². The van der Waals surface area contributed by atoms with E-state index in [1.165, 1.54) is 13.5 Å². The smallest absolute Gasteiger partial charge is 0.323 e. The fraction of sp³-hybridized carbons (Fsp3) is 0.929. The minimum absolute atomic E-state index is 0.124. The summed E-state index contributed by atoms with van der Waals surface area (Å²) in [6, 6.07) is -0.770. The van der Waals surface area contributed by atoms with E-state index in [0.29, 0.717) is 6.42 Å². The van der Waals surface area contributed by atoms with Crippen molar-refractivity contribution in [3.63, 3.8) is 0 Å². The molecule has 0 aromatic heterocycles. The highest BCUT2D eigenvalue weighted by atomic mass is 32.2. The molecule has 0 amide bonds. The number of methoxy groups -OCH3 is 1. The van der Waals surface area contributed by atoms with Crippen molar-refractivity contribution >= 4 is 16.0 Å². The van der Waals surface area contributed by atoms with Gasteiger partial charge in [0, 0.05) is 0 Å². The first kappa shape index (κ1) is 17.4. The van der Waals surface area contributed by atoms with E-state index >= 15 is 0 Å². The molecule has 0 bridgehead atoms. The molecule has 1 unspecified atom stereocenters. The summed E-state index contributed by atoms with van der Waals surface area (Å²) in [6.07, 6.45) is 5.79. The standard InChI is InChI=1S/C14H27NO4S/c1-11(2)9-13(14(16)19-3)15-20(17,18)10-12-7-5-4-6-8-12/h11-13,15H,4-10H2,1-3H3. The minimum atomic E-state index is -3.43. The maximum atomic E-state index is 12.2. The lowest BCUT2D eigenvalue weighted by Gasteiger charge is -2.23. The van der Waals surface area contributed by atoms with Gasteiger partial charge < -0.3 is 4.74 Å². The molecule has 6 heteroatoms. The van der Waals surface area contributed by atoms with E-state index in [9.17, 15) is 13.2 Å². The third-order valence-electron chi connectivity index (χ3n) is 3.69. The predicted octanol–water partition coefficient (Wildman–Crippen LogP) is 2.07. The van der Waals surface area contributed by atoms with Crippen molar-refractivity contribution in [2.45, 2.75) is 58.4 Å². The SMILES string of the molecule is COC(=O)C(CC(C)C)NS(=O)(=O)CC1CCCCC1. The zero-order valence-electron chi connectivity index (χ0n) is 12.7. The molecule has 1 saturated carbocycles. The molecule has 0 heterocycles. The molecule has 1 rings (SSSR count). The Morgan fingerprint density at radius 3 is 2.35 bits per heavy atom. The second kappa shape index (κ2) is 7.98. The topological polar surface area (TPSA) is 72.5 Å². The molecule has 0 aliphatic heterocycles. The van der Waals surface area contributed by atoms with Crippen LogP contribution >= 0.6 is 0 Å². The van der Waals surface area contributed by atoms with Crippen molar-refractivity contribution in [3.8, 4) is 0 Å². The average Bonchev–Trinajstić information content (AvgIpc) is 2.36. The largest absolute Gasteiger partial charge is 0.468 e. The van der Waals surface area contributed by atoms with E-state index in [-0.39, 0.29) is 17.6 Å². The molecular weight excluding hydrogens is 278 g/mol. The Kier molecular flexibility index (Phi) is 6.95. The zero-order valence-corrected chi connectivity index (χ0v) is 13.5. The van der Waals surface area contributed by atoms with Gasteiger partial charge in [-0.05, 0) is 31.1 Å². The highest BCUT2D eigenvalue weighted by Crippen LogP contribution is 2.24. The number of esters is 1. The van der Waals surface area contributed by atoms with Gasteiger partial charge in [-0.2, -0.15) is 0 Å². The average molecular weight is 305 g/mol. The number of carbonyl (C=O) groups is 1. The number of rotatable bonds is 7. The first-order valence-corrected chi connectivity index (χ1v) is 9.07. The summed E-state index contributed by atoms with van der Waals surface area (Å²) in [7, 11) is -2.15. The number of sulfonamides is 1. The highest BCUT2D eigenvalue weighted by molar-refractivity contribution is 7.89. The second-order valence-electron chi connectivity index (χ2n) is 6.11. The Morgan fingerprint density at radius 1 is 1.25 bits per heavy atom. The van der Waals surface area contributed by atoms with Crippen molar-refractivity contribution < 1.29 is 17.9 Å². The second-order valence-corrected chi connectivity index (χ2v) is 7.91. The predicted molar refractivity (Wildman–Crippen MR) is 78.8 cm³/mol. The Morgan fingerprint density at radius 2 is 1.85 bits per heavy atom. The Labute approximate surface area is 122 Å². The lowest BCUT2D eigenvalue weighted by Crippen LogP contribution is -2.44. The van der Waals surface area contributed by atoms with Crippen LogP contribution in [0.2, 0.25) is 0 Å². The number of ether oxygens (including phenoxy) is 1. The zero-order chi connectivity index (χ0) is 15.2. The van der Waals surface area contributed by atoms with Crippen molar-refractivity contribution in [1.82, 2.24) is 4.72 Å². The van der Waals surface area contributed by atoms with Crippen LogP contribution in [0.1, 0.15) is 52.4 Å². The van der Waals surface area contributed by atoms with Crippen LogP contribution in [0, 0.1) is 11.8 Å². The Hall–Kier alpha value is -0.620. The molecule has 0 aromatic rings. The van der Waals surface area contributed by atoms with Crippen molar-refractivity contribution in [2.24, 2.45) is 11.8 Å². The van der Waals surface area contributed by atoms with Crippen molar-refractivity contribution in [1.29, 1.82) is 0 Å². The van der Waals surface area contributed by atoms with Crippen LogP contribution in [0.15, 0.2) is 0 Å². The van der Waals surface area contributed by atoms with E-state index in [4.69, 9.17) is 0 Å². The molecule has 1 aliphatic carbocycles. The summed E-state index contributed by atoms with van der Waals surface area (Å²) < 4.78 is 31.6. The number of hydrogen-bond acceptors (Lipinski definition) is 4. The van der Waals surface area contributed by atoms with Gasteiger partial charge in [0.05, 0.1) is 12.9 Å². The molecule has 0 aromatic carbocycles. The van der Waals surface area contributed by atoms with Crippen LogP contribution < -0.4 is 4.72 Å². The lowest BCUT2D eigenvalue weighted by molar-refractivity contribution is -0.143. The maximum Gasteiger partial charge on any atom is 0.323 e. The third-order valence-corrected chi connectivity index (χ3v) is 5.25. The van der Waals surface area contributed by atoms with Gasteiger partial charge in [-0.1, -0.05) is 33.1 Å². The van der Waals surface area contributed by atoms with Gasteiger partial charge in [0.25, 0.3) is 0 Å². The molecule has 20 heavy (non-hydrogen) atoms. The monoisotopic (exact) mass is 305 g/mol. The summed E-state index contributed by atoms with van der Waals surface area (Å²) >= 11 is 0. The van der Waals surface area contributed by atoms with Crippen LogP contribution in [-0.2, 0) is 19.6 Å². The highest BCUT2D eigenvalue weighted by Gasteiger charge is 2.28. The van der Waals surface area contributed by atoms with E-state index in [1.807, 2.05) is 13.8 Å². The normalized spacial score (nSPS) is 19.0. The van der Waals surface area contributed by atoms with Gasteiger partial charge >= 0.3 is 5.97 Å². The molecule has 1 N–H and O–H groups in total. The van der Waals surface area contributed by atoms with Gasteiger partial charge in [-0.25, -0.2) is 13.1 Å². The van der Waals surface area contributed by atoms with Crippen LogP contribution in [0.5, 0.6) is 0 Å². The Balaban J connectivity index is 2.62. The first-order valence-electron chi connectivity index (χ1n) is 7.42. The maximum absolute atomic E-state index is 12.2. The van der Waals surface area contributed by atoms with E-state index in [0.717, 1.165) is 25.7 Å². The quantitative estimate of drug-likeness (QED) is 0.731. The summed E-state index contributed by atoms with van der Waals surface area (Å²) in [5, 5.41) is 0. The summed E-state index contributed by atoms with van der Waals surface area (Å²) in [5.74, 6) is 0.0551. The van der Waals surface area contributed by atoms with Crippen LogP contribution in [0.4, 0.5) is 0 Å². The molecular formula is C14H27NO4S. The third kappa shape index (κ3) is 6.22. The lowest BCUT2D eigenvalue weighted by atomic mass is 9.91. The molecule has 1 aliphatic rings. The van der Waals surface area contributed by atoms with E-state index in [2.05, 4.69) is 9.46 Å². The fourth-order valence-electron chi connectivity index (χ4n) is 2.74. The minimum Gasteiger partial charge on any atom is -0.468 e. The molecule has 0 spiro atoms. The van der Waals surface area contributed by atoms with E-state index < -0.39 is 22.0 Å². The number of nitrogens with one attached hydrogen (secondary N) is 1. The van der Waals surface area contributed by atoms with Crippen molar-refractivity contribution in [2.75, 3.05) is 12.9 Å². The summed E-state index contributed by atoms with van der Waals surface area (Å²) in [5.41, 5.74) is 0. The van der Waals surface area contributed by atoms with Crippen molar-refractivity contribution in [3.05, 3.63) is 0 Å². The first-order chi connectivity index (χ1) is 9.34. The van der Waals surface area contributed by atoms with Crippen LogP contribution in [0.3, 0.4) is 0 Å². The number of carbonyl (C=O) groups excluding carboxylic acids is 1. The van der Waals surface area contributed by atoms with Gasteiger partial charge in [-0.3, -0.25) is 4.79 Å². The molecule has 0 radical (unpaired) electrons. The Bertz CT molecular complexity index is 399. The summed E-state index contributed by atoms with van der Waals surface area (Å²) in [6.45, 7) is 3.90. The molecule has 5 nitrogen and oxygen atoms in total. The van der Waals surface area contributed by atoms with Gasteiger partial charge in [0.2, 0.25) is 10.0 Å². The molecule has 118 valence electrons. The van der Waals surface area contributed by atoms with Gasteiger partial charge in [0.15, 0.2) is 0 Å². The molecule has 1 fully saturated rings. The molecule has 0 saturated heterocycles. The van der Waals surface area contributed by atoms with Gasteiger partial charge in [-0.15, -0.1) is 0 Å². The van der Waals surface area contributed by atoms with Gasteiger partial charge in [0.1, 0.15) is 6.04 Å². The number of hydrogen-bond donors (Lipinski definition) is 1. The fourth-order valence-corrected chi connectivity index (χ4v) is 4.41. The van der Waals surface area contributed by atoms with Crippen LogP contribution in [-0.4, -0.2) is 33.3 Å². The molecule has 1 atom stereocenters. The van der Waals surface area contributed by atoms with Crippen LogP contribution in [0.25, 0.3) is 0 Å². The summed E-state index contributed by atoms with van der Waals surface area (Å²) in [4.78, 5) is 11.7.